The third-order valence-electron chi connectivity index (χ3n) is 0.330. The molecule has 0 aromatic carbocycles. The molecule has 49 valence electrons. The molecule has 1 atom stereocenters. The molecule has 0 amide bonds. The largest absolute Gasteiger partial charge is 0.467 e. The lowest BCUT2D eigenvalue weighted by Gasteiger charge is -2.10. The summed E-state index contributed by atoms with van der Waals surface area (Å²) in [6, 6.07) is 0. The molecule has 0 bridgehead atoms. The lowest BCUT2D eigenvalue weighted by atomic mass is 10.7. The maximum absolute atomic E-state index is 11.0. The summed E-state index contributed by atoms with van der Waals surface area (Å²) in [7, 11) is 0. The Balaban J connectivity index is 4.02. The molecule has 1 nitrogen and oxygen atoms in total. The molecule has 0 N–H and O–H groups in total. The standard InChI is InChI=1S/C2ClF4O/c3-1(4,8)2(5,6)7. The van der Waals surface area contributed by atoms with Gasteiger partial charge in [0.05, 0.1) is 0 Å². The second kappa shape index (κ2) is 1.73. The van der Waals surface area contributed by atoms with Crippen molar-refractivity contribution in [1.29, 1.82) is 0 Å². The minimum absolute atomic E-state index is 3.66. The zero-order chi connectivity index (χ0) is 7.00. The average molecular weight is 151 g/mol. The molecule has 0 heterocycles. The molecule has 8 heavy (non-hydrogen) atoms. The fourth-order valence-electron chi connectivity index (χ4n) is 0. The molecule has 0 aliphatic heterocycles. The Hall–Kier alpha value is -0.0300. The highest BCUT2D eigenvalue weighted by Gasteiger charge is 2.55. The van der Waals surface area contributed by atoms with Crippen LogP contribution in [0.15, 0.2) is 0 Å². The molecular formula is C2ClF4O. The van der Waals surface area contributed by atoms with Crippen molar-refractivity contribution in [3.05, 3.63) is 0 Å². The fourth-order valence-corrected chi connectivity index (χ4v) is 0. The summed E-state index contributed by atoms with van der Waals surface area (Å²) in [4.78, 5) is 0. The number of halogens is 5. The van der Waals surface area contributed by atoms with E-state index in [9.17, 15) is 17.6 Å². The summed E-state index contributed by atoms with van der Waals surface area (Å²) in [6.45, 7) is 0. The van der Waals surface area contributed by atoms with Gasteiger partial charge in [-0.3, -0.25) is 0 Å². The van der Waals surface area contributed by atoms with Gasteiger partial charge in [-0.1, -0.05) is 0 Å². The first-order valence-electron chi connectivity index (χ1n) is 1.40. The van der Waals surface area contributed by atoms with Crippen LogP contribution in [-0.4, -0.2) is 11.5 Å². The highest BCUT2D eigenvalue weighted by Crippen LogP contribution is 2.35. The number of rotatable bonds is 0. The van der Waals surface area contributed by atoms with E-state index in [1.54, 1.807) is 0 Å². The van der Waals surface area contributed by atoms with Crippen LogP contribution in [0.3, 0.4) is 0 Å². The minimum atomic E-state index is -5.52. The van der Waals surface area contributed by atoms with Gasteiger partial charge in [-0.05, 0) is 11.6 Å². The predicted molar refractivity (Wildman–Crippen MR) is 16.4 cm³/mol. The summed E-state index contributed by atoms with van der Waals surface area (Å²) in [5.41, 5.74) is 0. The minimum Gasteiger partial charge on any atom is -0.180 e. The Morgan fingerprint density at radius 1 is 1.12 bits per heavy atom. The lowest BCUT2D eigenvalue weighted by molar-refractivity contribution is -0.293. The molecule has 1 radical (unpaired) electrons. The molecule has 0 aliphatic carbocycles. The van der Waals surface area contributed by atoms with E-state index in [-0.39, 0.29) is 0 Å². The molecule has 1 unspecified atom stereocenters. The van der Waals surface area contributed by atoms with Crippen LogP contribution in [-0.2, 0) is 5.11 Å². The molecule has 0 saturated carbocycles. The van der Waals surface area contributed by atoms with Crippen LogP contribution in [0.5, 0.6) is 0 Å². The van der Waals surface area contributed by atoms with Crippen LogP contribution in [0, 0.1) is 0 Å². The van der Waals surface area contributed by atoms with Crippen molar-refractivity contribution in [2.75, 3.05) is 0 Å². The third-order valence-corrected chi connectivity index (χ3v) is 0.544. The van der Waals surface area contributed by atoms with E-state index in [4.69, 9.17) is 5.11 Å². The number of hydrogen-bond donors (Lipinski definition) is 0. The van der Waals surface area contributed by atoms with Gasteiger partial charge in [-0.15, -0.1) is 0 Å². The smallest absolute Gasteiger partial charge is 0.180 e. The third kappa shape index (κ3) is 1.83. The molecule has 0 aromatic heterocycles. The Morgan fingerprint density at radius 2 is 1.25 bits per heavy atom. The number of alkyl halides is 5. The predicted octanol–water partition coefficient (Wildman–Crippen LogP) is 1.84. The van der Waals surface area contributed by atoms with E-state index >= 15 is 0 Å². The molecule has 0 saturated heterocycles. The second-order valence-corrected chi connectivity index (χ2v) is 1.50. The zero-order valence-electron chi connectivity index (χ0n) is 3.30. The summed E-state index contributed by atoms with van der Waals surface area (Å²) in [5, 5.41) is 4.26. The highest BCUT2D eigenvalue weighted by atomic mass is 35.5. The van der Waals surface area contributed by atoms with Crippen molar-refractivity contribution >= 4 is 11.6 Å². The van der Waals surface area contributed by atoms with Crippen LogP contribution < -0.4 is 0 Å². The van der Waals surface area contributed by atoms with Crippen LogP contribution in [0.4, 0.5) is 17.6 Å². The van der Waals surface area contributed by atoms with Gasteiger partial charge in [0, 0.05) is 0 Å². The molecule has 6 heteroatoms. The first-order valence-corrected chi connectivity index (χ1v) is 1.78. The van der Waals surface area contributed by atoms with Gasteiger partial charge in [-0.25, -0.2) is 0 Å². The Bertz CT molecular complexity index is 69.0. The van der Waals surface area contributed by atoms with Gasteiger partial charge < -0.3 is 0 Å². The van der Waals surface area contributed by atoms with Gasteiger partial charge in [0.25, 0.3) is 0 Å². The molecule has 0 rings (SSSR count). The molecule has 0 fully saturated rings. The van der Waals surface area contributed by atoms with Gasteiger partial charge in [0.2, 0.25) is 0 Å². The van der Waals surface area contributed by atoms with E-state index in [0.717, 1.165) is 0 Å². The van der Waals surface area contributed by atoms with Crippen LogP contribution in [0.1, 0.15) is 0 Å². The van der Waals surface area contributed by atoms with Gasteiger partial charge in [-0.2, -0.15) is 22.7 Å². The van der Waals surface area contributed by atoms with Crippen molar-refractivity contribution < 1.29 is 22.7 Å². The van der Waals surface area contributed by atoms with Crippen molar-refractivity contribution in [2.24, 2.45) is 0 Å². The molecule has 0 spiro atoms. The van der Waals surface area contributed by atoms with E-state index in [2.05, 4.69) is 11.6 Å². The molecular weight excluding hydrogens is 151 g/mol. The first kappa shape index (κ1) is 7.97. The Morgan fingerprint density at radius 3 is 1.25 bits per heavy atom. The first-order chi connectivity index (χ1) is 3.25. The quantitative estimate of drug-likeness (QED) is 0.372. The van der Waals surface area contributed by atoms with Crippen LogP contribution in [0.25, 0.3) is 0 Å². The Kier molecular flexibility index (Phi) is 1.73. The number of hydrogen-bond acceptors (Lipinski definition) is 0. The van der Waals surface area contributed by atoms with Crippen molar-refractivity contribution in [3.8, 4) is 0 Å². The summed E-state index contributed by atoms with van der Waals surface area (Å²) in [6.07, 6.45) is -5.52. The van der Waals surface area contributed by atoms with Gasteiger partial charge >= 0.3 is 11.5 Å². The Labute approximate surface area is 46.9 Å². The van der Waals surface area contributed by atoms with Crippen LogP contribution >= 0.6 is 11.6 Å². The highest BCUT2D eigenvalue weighted by molar-refractivity contribution is 6.22. The topological polar surface area (TPSA) is 19.9 Å². The monoisotopic (exact) mass is 151 g/mol. The summed E-state index contributed by atoms with van der Waals surface area (Å²) >= 11 is 3.66. The average Bonchev–Trinajstić information content (AvgIpc) is 1.25. The van der Waals surface area contributed by atoms with Crippen LogP contribution in [0.2, 0.25) is 0 Å². The zero-order valence-corrected chi connectivity index (χ0v) is 4.05. The van der Waals surface area contributed by atoms with Gasteiger partial charge in [0.15, 0.2) is 0 Å². The maximum atomic E-state index is 11.0. The normalized spacial score (nSPS) is 20.2. The van der Waals surface area contributed by atoms with Crippen molar-refractivity contribution in [1.82, 2.24) is 0 Å². The maximum Gasteiger partial charge on any atom is 0.467 e. The van der Waals surface area contributed by atoms with Crippen molar-refractivity contribution in [3.63, 3.8) is 0 Å². The lowest BCUT2D eigenvalue weighted by Crippen LogP contribution is -2.32. The second-order valence-electron chi connectivity index (χ2n) is 1.01. The van der Waals surface area contributed by atoms with E-state index in [0.29, 0.717) is 0 Å². The molecule has 0 aliphatic rings. The van der Waals surface area contributed by atoms with E-state index in [1.807, 2.05) is 0 Å². The van der Waals surface area contributed by atoms with Gasteiger partial charge in [0.1, 0.15) is 0 Å². The fraction of sp³-hybridized carbons (Fsp3) is 1.00. The van der Waals surface area contributed by atoms with E-state index < -0.39 is 11.5 Å². The summed E-state index contributed by atoms with van der Waals surface area (Å²) < 4.78 is 43.2. The summed E-state index contributed by atoms with van der Waals surface area (Å²) in [5.74, 6) is 0. The SMILES string of the molecule is [O]C(F)(Cl)C(F)(F)F. The molecule has 0 aromatic rings. The van der Waals surface area contributed by atoms with Crippen molar-refractivity contribution in [2.45, 2.75) is 11.5 Å². The van der Waals surface area contributed by atoms with E-state index in [1.165, 1.54) is 0 Å².